The van der Waals surface area contributed by atoms with Crippen molar-refractivity contribution in [2.45, 2.75) is 123 Å². The molecule has 0 aromatic rings. The summed E-state index contributed by atoms with van der Waals surface area (Å²) < 4.78 is 0. The minimum Gasteiger partial charge on any atom is -0.0648 e. The molecule has 0 heteroatoms. The summed E-state index contributed by atoms with van der Waals surface area (Å²) in [6.45, 7) is 34.8. The summed E-state index contributed by atoms with van der Waals surface area (Å²) in [6.07, 6.45) is 4.98. The van der Waals surface area contributed by atoms with Crippen LogP contribution in [0.5, 0.6) is 0 Å². The number of hydrogen-bond acceptors (Lipinski definition) is 0. The molecule has 0 heterocycles. The van der Waals surface area contributed by atoms with Crippen molar-refractivity contribution in [1.29, 1.82) is 0 Å². The normalized spacial score (nSPS) is 15.8. The highest BCUT2D eigenvalue weighted by atomic mass is 14.7. The van der Waals surface area contributed by atoms with Gasteiger partial charge in [0.25, 0.3) is 0 Å². The van der Waals surface area contributed by atoms with E-state index in [1.54, 1.807) is 0 Å². The molecule has 0 aliphatic heterocycles. The van der Waals surface area contributed by atoms with Crippen molar-refractivity contribution in [2.75, 3.05) is 0 Å². The summed E-state index contributed by atoms with van der Waals surface area (Å²) in [7, 11) is 0. The summed E-state index contributed by atoms with van der Waals surface area (Å²) in [6, 6.07) is 0. The number of rotatable bonds is 9. The van der Waals surface area contributed by atoms with Crippen LogP contribution in [-0.2, 0) is 0 Å². The van der Waals surface area contributed by atoms with Gasteiger partial charge in [-0.1, -0.05) is 123 Å². The minimum absolute atomic E-state index is 0.218. The maximum absolute atomic E-state index is 2.55. The van der Waals surface area contributed by atoms with Gasteiger partial charge in [-0.2, -0.15) is 0 Å². The van der Waals surface area contributed by atoms with Crippen LogP contribution in [0.1, 0.15) is 123 Å². The van der Waals surface area contributed by atoms with Gasteiger partial charge in [0.05, 0.1) is 0 Å². The van der Waals surface area contributed by atoms with Crippen molar-refractivity contribution in [1.82, 2.24) is 0 Å². The van der Waals surface area contributed by atoms with Crippen LogP contribution < -0.4 is 0 Å². The molecule has 24 heavy (non-hydrogen) atoms. The van der Waals surface area contributed by atoms with Crippen molar-refractivity contribution in [3.05, 3.63) is 0 Å². The molecule has 0 nitrogen and oxygen atoms in total. The monoisotopic (exact) mass is 338 g/mol. The van der Waals surface area contributed by atoms with E-state index in [9.17, 15) is 0 Å². The molecule has 0 fully saturated rings. The molecular formula is C24H50. The molecule has 0 radical (unpaired) electrons. The molecule has 0 aliphatic rings. The van der Waals surface area contributed by atoms with Gasteiger partial charge in [-0.05, 0) is 32.5 Å². The maximum Gasteiger partial charge on any atom is -0.0241 e. The van der Waals surface area contributed by atoms with Crippen LogP contribution in [0, 0.1) is 32.5 Å². The second-order valence-corrected chi connectivity index (χ2v) is 11.0. The fourth-order valence-corrected chi connectivity index (χ4v) is 5.34. The third kappa shape index (κ3) is 2.99. The Kier molecular flexibility index (Phi) is 6.96. The van der Waals surface area contributed by atoms with Crippen LogP contribution in [0.4, 0.5) is 0 Å². The highest BCUT2D eigenvalue weighted by molar-refractivity contribution is 5.10. The fourth-order valence-electron chi connectivity index (χ4n) is 5.34. The first-order valence-corrected chi connectivity index (χ1v) is 10.5. The quantitative estimate of drug-likeness (QED) is 0.394. The van der Waals surface area contributed by atoms with Gasteiger partial charge in [-0.3, -0.25) is 0 Å². The topological polar surface area (TPSA) is 0 Å². The Morgan fingerprint density at radius 1 is 0.333 bits per heavy atom. The Morgan fingerprint density at radius 2 is 0.500 bits per heavy atom. The van der Waals surface area contributed by atoms with Gasteiger partial charge in [0.1, 0.15) is 0 Å². The van der Waals surface area contributed by atoms with E-state index in [2.05, 4.69) is 96.9 Å². The van der Waals surface area contributed by atoms with E-state index < -0.39 is 0 Å². The van der Waals surface area contributed by atoms with Crippen molar-refractivity contribution < 1.29 is 0 Å². The first-order valence-electron chi connectivity index (χ1n) is 10.5. The predicted molar refractivity (Wildman–Crippen MR) is 113 cm³/mol. The molecular weight excluding hydrogens is 288 g/mol. The third-order valence-corrected chi connectivity index (χ3v) is 10.8. The van der Waals surface area contributed by atoms with Crippen molar-refractivity contribution >= 4 is 0 Å². The van der Waals surface area contributed by atoms with E-state index in [1.807, 2.05) is 0 Å². The fraction of sp³-hybridized carbons (Fsp3) is 1.00. The van der Waals surface area contributed by atoms with Gasteiger partial charge in [0, 0.05) is 0 Å². The van der Waals surface area contributed by atoms with Crippen LogP contribution in [0.15, 0.2) is 0 Å². The van der Waals surface area contributed by atoms with Gasteiger partial charge in [0.15, 0.2) is 0 Å². The van der Waals surface area contributed by atoms with E-state index in [4.69, 9.17) is 0 Å². The van der Waals surface area contributed by atoms with Gasteiger partial charge < -0.3 is 0 Å². The Balaban J connectivity index is 6.36. The average molecular weight is 339 g/mol. The lowest BCUT2D eigenvalue weighted by Crippen LogP contribution is -2.60. The van der Waals surface area contributed by atoms with E-state index in [1.165, 1.54) is 25.7 Å². The van der Waals surface area contributed by atoms with Crippen LogP contribution >= 0.6 is 0 Å². The summed E-state index contributed by atoms with van der Waals surface area (Å²) in [5.74, 6) is 0. The van der Waals surface area contributed by atoms with Gasteiger partial charge in [-0.15, -0.1) is 0 Å². The molecule has 0 aromatic carbocycles. The highest BCUT2D eigenvalue weighted by Crippen LogP contribution is 2.69. The zero-order valence-corrected chi connectivity index (χ0v) is 19.8. The second-order valence-electron chi connectivity index (χ2n) is 11.0. The average Bonchev–Trinajstić information content (AvgIpc) is 2.51. The first-order chi connectivity index (χ1) is 10.5. The van der Waals surface area contributed by atoms with E-state index >= 15 is 0 Å². The molecule has 0 bridgehead atoms. The molecule has 0 saturated carbocycles. The molecule has 0 aliphatic carbocycles. The van der Waals surface area contributed by atoms with Crippen LogP contribution in [0.3, 0.4) is 0 Å². The lowest BCUT2D eigenvalue weighted by molar-refractivity contribution is -0.182. The van der Waals surface area contributed by atoms with Crippen LogP contribution in [0.25, 0.3) is 0 Å². The molecule has 0 N–H and O–H groups in total. The number of hydrogen-bond donors (Lipinski definition) is 0. The Morgan fingerprint density at radius 3 is 0.625 bits per heavy atom. The van der Waals surface area contributed by atoms with Crippen molar-refractivity contribution in [3.8, 4) is 0 Å². The zero-order valence-electron chi connectivity index (χ0n) is 19.8. The second kappa shape index (κ2) is 6.96. The summed E-state index contributed by atoms with van der Waals surface area (Å²) >= 11 is 0. The van der Waals surface area contributed by atoms with Gasteiger partial charge in [-0.25, -0.2) is 0 Å². The maximum atomic E-state index is 2.55. The molecule has 0 amide bonds. The lowest BCUT2D eigenvalue weighted by Gasteiger charge is -2.67. The van der Waals surface area contributed by atoms with Crippen LogP contribution in [0.2, 0.25) is 0 Å². The summed E-state index contributed by atoms with van der Waals surface area (Å²) in [5.41, 5.74) is 1.67. The van der Waals surface area contributed by atoms with E-state index in [0.29, 0.717) is 10.8 Å². The van der Waals surface area contributed by atoms with Crippen molar-refractivity contribution in [2.24, 2.45) is 32.5 Å². The molecule has 0 atom stereocenters. The summed E-state index contributed by atoms with van der Waals surface area (Å²) in [5, 5.41) is 0. The molecule has 0 spiro atoms. The van der Waals surface area contributed by atoms with Gasteiger partial charge >= 0.3 is 0 Å². The smallest absolute Gasteiger partial charge is 0.0241 e. The standard InChI is InChI=1S/C24H50/c1-15-23(13,16-2)21(9,10)19(5,6)20(7,8)22(11,12)24(14,17-3)18-4/h15-18H2,1-14H3. The minimum atomic E-state index is 0.218. The van der Waals surface area contributed by atoms with Crippen molar-refractivity contribution in [3.63, 3.8) is 0 Å². The third-order valence-electron chi connectivity index (χ3n) is 10.8. The zero-order chi connectivity index (χ0) is 19.8. The summed E-state index contributed by atoms with van der Waals surface area (Å²) in [4.78, 5) is 0. The highest BCUT2D eigenvalue weighted by Gasteiger charge is 2.61. The molecule has 146 valence electrons. The molecule has 0 unspecified atom stereocenters. The Bertz CT molecular complexity index is 358. The molecule has 0 rings (SSSR count). The van der Waals surface area contributed by atoms with E-state index in [-0.39, 0.29) is 21.7 Å². The molecule has 0 aromatic heterocycles. The molecule has 0 saturated heterocycles. The Labute approximate surface area is 155 Å². The SMILES string of the molecule is CCC(C)(CC)C(C)(C)C(C)(C)C(C)(C)C(C)(C)C(C)(CC)CC. The van der Waals surface area contributed by atoms with Gasteiger partial charge in [0.2, 0.25) is 0 Å². The first kappa shape index (κ1) is 24.0. The Hall–Kier alpha value is 0. The predicted octanol–water partition coefficient (Wildman–Crippen LogP) is 8.74. The largest absolute Gasteiger partial charge is 0.0648 e. The lowest BCUT2D eigenvalue weighted by atomic mass is 9.38. The van der Waals surface area contributed by atoms with Crippen LogP contribution in [-0.4, -0.2) is 0 Å². The van der Waals surface area contributed by atoms with E-state index in [0.717, 1.165) is 0 Å².